The number of amides is 2. The quantitative estimate of drug-likeness (QED) is 0.275. The molecule has 0 aliphatic carbocycles. The maximum absolute atomic E-state index is 13.1. The van der Waals surface area contributed by atoms with Crippen LogP contribution in [-0.4, -0.2) is 32.9 Å². The van der Waals surface area contributed by atoms with Crippen molar-refractivity contribution in [3.8, 4) is 11.3 Å². The Hall–Kier alpha value is -3.22. The zero-order valence-corrected chi connectivity index (χ0v) is 18.9. The van der Waals surface area contributed by atoms with Gasteiger partial charge in [-0.25, -0.2) is 9.97 Å². The van der Waals surface area contributed by atoms with Crippen LogP contribution < -0.4 is 0 Å². The monoisotopic (exact) mass is 459 g/mol. The van der Waals surface area contributed by atoms with Gasteiger partial charge in [0.25, 0.3) is 11.8 Å². The number of aromatic nitrogens is 2. The molecule has 0 bridgehead atoms. The first-order chi connectivity index (χ1) is 15.5. The number of para-hydroxylation sites is 1. The lowest BCUT2D eigenvalue weighted by atomic mass is 10.0. The first-order valence-corrected chi connectivity index (χ1v) is 11.7. The van der Waals surface area contributed by atoms with E-state index in [2.05, 4.69) is 0 Å². The summed E-state index contributed by atoms with van der Waals surface area (Å²) < 4.78 is 0. The molecule has 3 aromatic carbocycles. The van der Waals surface area contributed by atoms with Gasteiger partial charge in [0, 0.05) is 10.5 Å². The SMILES string of the molecule is CSc1ccccc1-c1nc2c(Cl)cccc2nc1[C@H](C)N1C(=O)c2ccccc2C1=O. The summed E-state index contributed by atoms with van der Waals surface area (Å²) in [4.78, 5) is 38.3. The van der Waals surface area contributed by atoms with E-state index in [1.54, 1.807) is 42.1 Å². The van der Waals surface area contributed by atoms with E-state index in [4.69, 9.17) is 21.6 Å². The highest BCUT2D eigenvalue weighted by Crippen LogP contribution is 2.38. The van der Waals surface area contributed by atoms with Crippen molar-refractivity contribution in [1.29, 1.82) is 0 Å². The summed E-state index contributed by atoms with van der Waals surface area (Å²) >= 11 is 8.03. The molecule has 5 nitrogen and oxygen atoms in total. The summed E-state index contributed by atoms with van der Waals surface area (Å²) in [6.07, 6.45) is 1.99. The highest BCUT2D eigenvalue weighted by Gasteiger charge is 2.40. The predicted octanol–water partition coefficient (Wildman–Crippen LogP) is 6.03. The first-order valence-electron chi connectivity index (χ1n) is 10.1. The van der Waals surface area contributed by atoms with Crippen molar-refractivity contribution in [2.75, 3.05) is 6.26 Å². The molecule has 0 saturated carbocycles. The summed E-state index contributed by atoms with van der Waals surface area (Å²) in [6.45, 7) is 1.81. The summed E-state index contributed by atoms with van der Waals surface area (Å²) in [5.74, 6) is -0.648. The van der Waals surface area contributed by atoms with Gasteiger partial charge in [-0.2, -0.15) is 0 Å². The summed E-state index contributed by atoms with van der Waals surface area (Å²) in [7, 11) is 0. The average Bonchev–Trinajstić information content (AvgIpc) is 3.08. The van der Waals surface area contributed by atoms with E-state index < -0.39 is 6.04 Å². The fraction of sp³-hybridized carbons (Fsp3) is 0.120. The van der Waals surface area contributed by atoms with Gasteiger partial charge < -0.3 is 0 Å². The Morgan fingerprint density at radius 1 is 0.844 bits per heavy atom. The predicted molar refractivity (Wildman–Crippen MR) is 127 cm³/mol. The second-order valence-electron chi connectivity index (χ2n) is 7.47. The normalized spacial score (nSPS) is 14.2. The molecule has 158 valence electrons. The minimum Gasteiger partial charge on any atom is -0.269 e. The Morgan fingerprint density at radius 3 is 2.12 bits per heavy atom. The van der Waals surface area contributed by atoms with Crippen LogP contribution >= 0.6 is 23.4 Å². The Bertz CT molecular complexity index is 1370. The van der Waals surface area contributed by atoms with Gasteiger partial charge in [0.1, 0.15) is 5.52 Å². The van der Waals surface area contributed by atoms with E-state index >= 15 is 0 Å². The number of thioether (sulfide) groups is 1. The van der Waals surface area contributed by atoms with Crippen LogP contribution in [0.1, 0.15) is 39.4 Å². The van der Waals surface area contributed by atoms with Crippen LogP contribution in [0.2, 0.25) is 5.02 Å². The molecule has 0 fully saturated rings. The van der Waals surface area contributed by atoms with Crippen molar-refractivity contribution in [3.63, 3.8) is 0 Å². The molecule has 5 rings (SSSR count). The number of imide groups is 1. The lowest BCUT2D eigenvalue weighted by Crippen LogP contribution is -2.33. The van der Waals surface area contributed by atoms with E-state index in [0.717, 1.165) is 10.5 Å². The second-order valence-corrected chi connectivity index (χ2v) is 8.72. The molecule has 2 amide bonds. The number of hydrogen-bond donors (Lipinski definition) is 0. The van der Waals surface area contributed by atoms with Crippen LogP contribution in [-0.2, 0) is 0 Å². The standard InChI is InChI=1S/C25H18ClN3O2S/c1-14(29-24(30)15-8-3-4-9-16(15)25(29)31)21-22(17-10-5-6-13-20(17)32-2)28-23-18(26)11-7-12-19(23)27-21/h3-14H,1-2H3/t14-/m0/s1. The molecule has 0 N–H and O–H groups in total. The van der Waals surface area contributed by atoms with Crippen LogP contribution in [0.4, 0.5) is 0 Å². The van der Waals surface area contributed by atoms with Gasteiger partial charge in [-0.05, 0) is 43.5 Å². The van der Waals surface area contributed by atoms with Gasteiger partial charge >= 0.3 is 0 Å². The largest absolute Gasteiger partial charge is 0.269 e. The van der Waals surface area contributed by atoms with Crippen molar-refractivity contribution in [1.82, 2.24) is 14.9 Å². The topological polar surface area (TPSA) is 63.2 Å². The van der Waals surface area contributed by atoms with Crippen LogP contribution in [0, 0.1) is 0 Å². The number of rotatable bonds is 4. The molecular formula is C25H18ClN3O2S. The van der Waals surface area contributed by atoms with Gasteiger partial charge in [-0.15, -0.1) is 11.8 Å². The number of halogens is 1. The molecule has 0 radical (unpaired) electrons. The fourth-order valence-corrected chi connectivity index (χ4v) is 4.88. The van der Waals surface area contributed by atoms with Crippen molar-refractivity contribution in [2.45, 2.75) is 17.9 Å². The number of nitrogens with zero attached hydrogens (tertiary/aromatic N) is 3. The second kappa shape index (κ2) is 8.04. The number of carbonyl (C=O) groups excluding carboxylic acids is 2. The van der Waals surface area contributed by atoms with Gasteiger partial charge in [0.05, 0.1) is 39.1 Å². The lowest BCUT2D eigenvalue weighted by molar-refractivity contribution is 0.0592. The maximum atomic E-state index is 13.1. The third kappa shape index (κ3) is 3.18. The molecule has 1 aliphatic heterocycles. The highest BCUT2D eigenvalue weighted by molar-refractivity contribution is 7.98. The molecule has 1 aromatic heterocycles. The molecule has 0 spiro atoms. The third-order valence-corrected chi connectivity index (χ3v) is 6.74. The lowest BCUT2D eigenvalue weighted by Gasteiger charge is -2.24. The van der Waals surface area contributed by atoms with Crippen LogP contribution in [0.5, 0.6) is 0 Å². The molecule has 32 heavy (non-hydrogen) atoms. The van der Waals surface area contributed by atoms with E-state index in [0.29, 0.717) is 38.6 Å². The van der Waals surface area contributed by atoms with Gasteiger partial charge in [-0.3, -0.25) is 14.5 Å². The zero-order valence-electron chi connectivity index (χ0n) is 17.4. The van der Waals surface area contributed by atoms with Crippen molar-refractivity contribution < 1.29 is 9.59 Å². The summed E-state index contributed by atoms with van der Waals surface area (Å²) in [5, 5.41) is 0.498. The van der Waals surface area contributed by atoms with Crippen molar-refractivity contribution >= 4 is 46.2 Å². The number of fused-ring (bicyclic) bond motifs is 2. The number of carbonyl (C=O) groups is 2. The van der Waals surface area contributed by atoms with E-state index in [-0.39, 0.29) is 11.8 Å². The molecule has 4 aromatic rings. The molecule has 7 heteroatoms. The molecule has 0 saturated heterocycles. The molecule has 1 atom stereocenters. The van der Waals surface area contributed by atoms with Crippen LogP contribution in [0.3, 0.4) is 0 Å². The Balaban J connectivity index is 1.73. The Kier molecular flexibility index (Phi) is 5.19. The van der Waals surface area contributed by atoms with Crippen molar-refractivity contribution in [3.05, 3.63) is 88.6 Å². The highest BCUT2D eigenvalue weighted by atomic mass is 35.5. The average molecular weight is 460 g/mol. The van der Waals surface area contributed by atoms with E-state index in [9.17, 15) is 9.59 Å². The maximum Gasteiger partial charge on any atom is 0.262 e. The Morgan fingerprint density at radius 2 is 1.47 bits per heavy atom. The number of benzene rings is 3. The van der Waals surface area contributed by atoms with Crippen LogP contribution in [0.15, 0.2) is 71.6 Å². The van der Waals surface area contributed by atoms with Gasteiger partial charge in [0.2, 0.25) is 0 Å². The summed E-state index contributed by atoms with van der Waals surface area (Å²) in [6, 6.07) is 19.5. The minimum absolute atomic E-state index is 0.324. The molecule has 0 unspecified atom stereocenters. The van der Waals surface area contributed by atoms with Gasteiger partial charge in [0.15, 0.2) is 0 Å². The molecule has 2 heterocycles. The fourth-order valence-electron chi connectivity index (χ4n) is 4.07. The van der Waals surface area contributed by atoms with Crippen molar-refractivity contribution in [2.24, 2.45) is 0 Å². The first kappa shape index (κ1) is 20.7. The Labute approximate surface area is 194 Å². The van der Waals surface area contributed by atoms with Gasteiger partial charge in [-0.1, -0.05) is 48.0 Å². The van der Waals surface area contributed by atoms with E-state index in [1.165, 1.54) is 4.90 Å². The minimum atomic E-state index is -0.622. The number of hydrogen-bond acceptors (Lipinski definition) is 5. The third-order valence-electron chi connectivity index (χ3n) is 5.64. The zero-order chi connectivity index (χ0) is 22.4. The van der Waals surface area contributed by atoms with E-state index in [1.807, 2.05) is 49.6 Å². The van der Waals surface area contributed by atoms with Crippen LogP contribution in [0.25, 0.3) is 22.3 Å². The smallest absolute Gasteiger partial charge is 0.262 e. The molecular weight excluding hydrogens is 442 g/mol. The molecule has 1 aliphatic rings. The summed E-state index contributed by atoms with van der Waals surface area (Å²) in [5.41, 5.74) is 4.06.